The second-order valence-corrected chi connectivity index (χ2v) is 10.9. The summed E-state index contributed by atoms with van der Waals surface area (Å²) in [6.45, 7) is 7.32. The molecule has 2 amide bonds. The molecule has 1 N–H and O–H groups in total. The summed E-state index contributed by atoms with van der Waals surface area (Å²) in [5.41, 5.74) is 1.05. The molecular formula is C23H32N4O4S2. The quantitative estimate of drug-likeness (QED) is 0.484. The van der Waals surface area contributed by atoms with E-state index in [1.54, 1.807) is 23.2 Å². The van der Waals surface area contributed by atoms with Crippen LogP contribution in [0.15, 0.2) is 9.95 Å². The average Bonchev–Trinajstić information content (AvgIpc) is 3.41. The van der Waals surface area contributed by atoms with Crippen molar-refractivity contribution in [3.8, 4) is 0 Å². The Bertz CT molecular complexity index is 1080. The first-order valence-corrected chi connectivity index (χ1v) is 13.5. The van der Waals surface area contributed by atoms with Gasteiger partial charge in [-0.25, -0.2) is 9.78 Å². The zero-order valence-corrected chi connectivity index (χ0v) is 21.1. The Balaban J connectivity index is 1.43. The number of fused-ring (bicyclic) bond motifs is 1. The number of aryl methyl sites for hydroxylation is 2. The minimum Gasteiger partial charge on any atom is -0.450 e. The Hall–Kier alpha value is -2.07. The number of carbonyl (C=O) groups is 2. The molecule has 2 aromatic rings. The van der Waals surface area contributed by atoms with Crippen molar-refractivity contribution in [1.29, 1.82) is 0 Å². The third-order valence-corrected chi connectivity index (χ3v) is 8.66. The summed E-state index contributed by atoms with van der Waals surface area (Å²) in [4.78, 5) is 46.4. The summed E-state index contributed by atoms with van der Waals surface area (Å²) in [5.74, 6) is 0.145. The molecule has 0 aromatic carbocycles. The van der Waals surface area contributed by atoms with Crippen LogP contribution in [-0.4, -0.2) is 57.9 Å². The molecule has 0 atom stereocenters. The normalized spacial score (nSPS) is 17.6. The first-order chi connectivity index (χ1) is 15.9. The summed E-state index contributed by atoms with van der Waals surface area (Å²) >= 11 is 2.89. The van der Waals surface area contributed by atoms with Gasteiger partial charge in [-0.1, -0.05) is 24.6 Å². The number of carbonyl (C=O) groups excluding carboxylic acids is 2. The molecular weight excluding hydrogens is 460 g/mol. The van der Waals surface area contributed by atoms with Gasteiger partial charge in [-0.05, 0) is 52.0 Å². The third kappa shape index (κ3) is 5.21. The molecule has 8 nitrogen and oxygen atoms in total. The van der Waals surface area contributed by atoms with E-state index in [1.807, 2.05) is 18.4 Å². The van der Waals surface area contributed by atoms with Crippen molar-refractivity contribution in [2.45, 2.75) is 76.5 Å². The van der Waals surface area contributed by atoms with Gasteiger partial charge < -0.3 is 15.0 Å². The summed E-state index contributed by atoms with van der Waals surface area (Å²) in [7, 11) is 0. The third-order valence-electron chi connectivity index (χ3n) is 6.61. The Labute approximate surface area is 202 Å². The maximum Gasteiger partial charge on any atom is 0.409 e. The highest BCUT2D eigenvalue weighted by Gasteiger charge is 2.27. The molecule has 33 heavy (non-hydrogen) atoms. The number of hydrogen-bond acceptors (Lipinski definition) is 7. The van der Waals surface area contributed by atoms with Crippen molar-refractivity contribution in [3.63, 3.8) is 0 Å². The summed E-state index contributed by atoms with van der Waals surface area (Å²) < 4.78 is 6.90. The number of rotatable bonds is 6. The van der Waals surface area contributed by atoms with Gasteiger partial charge in [-0.15, -0.1) is 11.3 Å². The van der Waals surface area contributed by atoms with Gasteiger partial charge in [0, 0.05) is 30.1 Å². The first kappa shape index (κ1) is 24.1. The zero-order valence-electron chi connectivity index (χ0n) is 19.5. The van der Waals surface area contributed by atoms with Crippen LogP contribution in [0.1, 0.15) is 61.9 Å². The van der Waals surface area contributed by atoms with E-state index in [-0.39, 0.29) is 35.4 Å². The van der Waals surface area contributed by atoms with Gasteiger partial charge in [0.1, 0.15) is 4.83 Å². The van der Waals surface area contributed by atoms with Crippen LogP contribution in [0.2, 0.25) is 0 Å². The predicted octanol–water partition coefficient (Wildman–Crippen LogP) is 4.02. The van der Waals surface area contributed by atoms with Crippen LogP contribution in [0.25, 0.3) is 10.2 Å². The van der Waals surface area contributed by atoms with Crippen LogP contribution in [0.3, 0.4) is 0 Å². The number of amides is 2. The van der Waals surface area contributed by atoms with E-state index in [1.165, 1.54) is 11.8 Å². The van der Waals surface area contributed by atoms with Crippen molar-refractivity contribution >= 4 is 45.3 Å². The van der Waals surface area contributed by atoms with E-state index in [0.717, 1.165) is 46.3 Å². The average molecular weight is 493 g/mol. The molecule has 0 bridgehead atoms. The SMILES string of the molecule is CCOC(=O)N1CCC(NC(=O)CSc2nc3sc(C)c(C)c3c(=O)n2C2CCCC2)CC1. The fourth-order valence-electron chi connectivity index (χ4n) is 4.69. The maximum absolute atomic E-state index is 13.4. The molecule has 2 fully saturated rings. The second-order valence-electron chi connectivity index (χ2n) is 8.79. The van der Waals surface area contributed by atoms with Crippen LogP contribution < -0.4 is 10.9 Å². The van der Waals surface area contributed by atoms with Gasteiger partial charge in [0.2, 0.25) is 5.91 Å². The predicted molar refractivity (Wildman–Crippen MR) is 131 cm³/mol. The van der Waals surface area contributed by atoms with Gasteiger partial charge in [0.15, 0.2) is 5.16 Å². The Morgan fingerprint density at radius 2 is 1.88 bits per heavy atom. The maximum atomic E-state index is 13.4. The van der Waals surface area contributed by atoms with Crippen molar-refractivity contribution in [2.75, 3.05) is 25.4 Å². The molecule has 0 radical (unpaired) electrons. The highest BCUT2D eigenvalue weighted by Crippen LogP contribution is 2.34. The van der Waals surface area contributed by atoms with Crippen molar-refractivity contribution in [2.24, 2.45) is 0 Å². The van der Waals surface area contributed by atoms with Crippen LogP contribution in [0, 0.1) is 13.8 Å². The molecule has 4 rings (SSSR count). The topological polar surface area (TPSA) is 93.5 Å². The van der Waals surface area contributed by atoms with E-state index >= 15 is 0 Å². The molecule has 180 valence electrons. The number of piperidine rings is 1. The smallest absolute Gasteiger partial charge is 0.409 e. The number of nitrogens with zero attached hydrogens (tertiary/aromatic N) is 3. The molecule has 1 aliphatic heterocycles. The number of thioether (sulfide) groups is 1. The lowest BCUT2D eigenvalue weighted by atomic mass is 10.1. The van der Waals surface area contributed by atoms with Crippen LogP contribution in [-0.2, 0) is 9.53 Å². The lowest BCUT2D eigenvalue weighted by molar-refractivity contribution is -0.119. The number of nitrogens with one attached hydrogen (secondary N) is 1. The summed E-state index contributed by atoms with van der Waals surface area (Å²) in [6.07, 6.45) is 5.32. The van der Waals surface area contributed by atoms with E-state index in [2.05, 4.69) is 5.32 Å². The van der Waals surface area contributed by atoms with Gasteiger partial charge in [-0.2, -0.15) is 0 Å². The van der Waals surface area contributed by atoms with Crippen molar-refractivity contribution in [1.82, 2.24) is 19.8 Å². The highest BCUT2D eigenvalue weighted by atomic mass is 32.2. The van der Waals surface area contributed by atoms with Crippen molar-refractivity contribution < 1.29 is 14.3 Å². The van der Waals surface area contributed by atoms with E-state index in [9.17, 15) is 14.4 Å². The number of ether oxygens (including phenoxy) is 1. The minimum absolute atomic E-state index is 0.0306. The molecule has 1 saturated carbocycles. The van der Waals surface area contributed by atoms with Crippen LogP contribution in [0.5, 0.6) is 0 Å². The molecule has 1 saturated heterocycles. The van der Waals surface area contributed by atoms with Gasteiger partial charge >= 0.3 is 6.09 Å². The van der Waals surface area contributed by atoms with Crippen LogP contribution in [0.4, 0.5) is 4.79 Å². The number of aromatic nitrogens is 2. The van der Waals surface area contributed by atoms with E-state index in [4.69, 9.17) is 9.72 Å². The second kappa shape index (κ2) is 10.5. The lowest BCUT2D eigenvalue weighted by Crippen LogP contribution is -2.47. The first-order valence-electron chi connectivity index (χ1n) is 11.7. The highest BCUT2D eigenvalue weighted by molar-refractivity contribution is 7.99. The molecule has 2 aromatic heterocycles. The van der Waals surface area contributed by atoms with Crippen molar-refractivity contribution in [3.05, 3.63) is 20.8 Å². The monoisotopic (exact) mass is 492 g/mol. The van der Waals surface area contributed by atoms with Gasteiger partial charge in [-0.3, -0.25) is 14.2 Å². The Morgan fingerprint density at radius 1 is 1.18 bits per heavy atom. The van der Waals surface area contributed by atoms with Gasteiger partial charge in [0.05, 0.1) is 17.7 Å². The fourth-order valence-corrected chi connectivity index (χ4v) is 6.64. The number of thiophene rings is 1. The lowest BCUT2D eigenvalue weighted by Gasteiger charge is -2.31. The molecule has 1 aliphatic carbocycles. The zero-order chi connectivity index (χ0) is 23.5. The summed E-state index contributed by atoms with van der Waals surface area (Å²) in [6, 6.07) is 0.200. The van der Waals surface area contributed by atoms with E-state index < -0.39 is 0 Å². The molecule has 0 unspecified atom stereocenters. The molecule has 2 aliphatic rings. The molecule has 10 heteroatoms. The molecule has 3 heterocycles. The van der Waals surface area contributed by atoms with Gasteiger partial charge in [0.25, 0.3) is 5.56 Å². The largest absolute Gasteiger partial charge is 0.450 e. The standard InChI is InChI=1S/C23H32N4O4S2/c1-4-31-23(30)26-11-9-16(10-12-26)24-18(28)13-32-22-25-20-19(14(2)15(3)33-20)21(29)27(22)17-7-5-6-8-17/h16-17H,4-13H2,1-3H3,(H,24,28). The Kier molecular flexibility index (Phi) is 7.63. The number of hydrogen-bond donors (Lipinski definition) is 1. The number of likely N-dealkylation sites (tertiary alicyclic amines) is 1. The van der Waals surface area contributed by atoms with E-state index in [0.29, 0.717) is 37.7 Å². The Morgan fingerprint density at radius 3 is 2.55 bits per heavy atom. The summed E-state index contributed by atoms with van der Waals surface area (Å²) in [5, 5.41) is 4.46. The molecule has 0 spiro atoms. The minimum atomic E-state index is -0.289. The fraction of sp³-hybridized carbons (Fsp3) is 0.652. The van der Waals surface area contributed by atoms with Crippen LogP contribution >= 0.6 is 23.1 Å².